The van der Waals surface area contributed by atoms with E-state index in [1.165, 1.54) is 0 Å². The summed E-state index contributed by atoms with van der Waals surface area (Å²) in [6, 6.07) is 6.03. The van der Waals surface area contributed by atoms with Gasteiger partial charge < -0.3 is 19.7 Å². The fourth-order valence-corrected chi connectivity index (χ4v) is 4.63. The zero-order valence-electron chi connectivity index (χ0n) is 20.2. The number of nitrogens with one attached hydrogen (secondary N) is 1. The Hall–Kier alpha value is -2.28. The molecule has 2 fully saturated rings. The van der Waals surface area contributed by atoms with Crippen LogP contribution in [0.3, 0.4) is 0 Å². The van der Waals surface area contributed by atoms with Gasteiger partial charge in [-0.3, -0.25) is 14.5 Å². The van der Waals surface area contributed by atoms with Crippen LogP contribution in [0.5, 0.6) is 11.5 Å². The van der Waals surface area contributed by atoms with Gasteiger partial charge in [0.05, 0.1) is 26.8 Å². The molecule has 0 radical (unpaired) electrons. The molecule has 7 heteroatoms. The van der Waals surface area contributed by atoms with Gasteiger partial charge in [-0.1, -0.05) is 13.8 Å². The Balaban J connectivity index is 1.55. The van der Waals surface area contributed by atoms with E-state index in [-0.39, 0.29) is 29.8 Å². The monoisotopic (exact) mass is 445 g/mol. The van der Waals surface area contributed by atoms with Gasteiger partial charge in [0.25, 0.3) is 0 Å². The average Bonchev–Trinajstić information content (AvgIpc) is 3.28. The molecule has 0 aliphatic carbocycles. The Morgan fingerprint density at radius 3 is 2.41 bits per heavy atom. The van der Waals surface area contributed by atoms with Crippen LogP contribution in [-0.2, 0) is 9.59 Å². The van der Waals surface area contributed by atoms with Crippen molar-refractivity contribution in [3.05, 3.63) is 23.8 Å². The molecule has 0 bridgehead atoms. The highest BCUT2D eigenvalue weighted by atomic mass is 16.5. The number of nitrogens with zero attached hydrogens (tertiary/aromatic N) is 2. The van der Waals surface area contributed by atoms with Gasteiger partial charge in [0, 0.05) is 30.1 Å². The third-order valence-electron chi connectivity index (χ3n) is 7.06. The van der Waals surface area contributed by atoms with E-state index < -0.39 is 0 Å². The third kappa shape index (κ3) is 5.74. The summed E-state index contributed by atoms with van der Waals surface area (Å²) < 4.78 is 10.9. The highest BCUT2D eigenvalue weighted by Crippen LogP contribution is 2.38. The molecular weight excluding hydrogens is 406 g/mol. The van der Waals surface area contributed by atoms with Crippen molar-refractivity contribution >= 4 is 11.8 Å². The molecule has 3 rings (SSSR count). The Bertz CT molecular complexity index is 789. The van der Waals surface area contributed by atoms with Crippen molar-refractivity contribution in [3.8, 4) is 11.5 Å². The molecule has 0 aromatic heterocycles. The largest absolute Gasteiger partial charge is 0.497 e. The first-order valence-corrected chi connectivity index (χ1v) is 11.9. The molecule has 2 aliphatic rings. The van der Waals surface area contributed by atoms with Crippen LogP contribution in [0, 0.1) is 11.8 Å². The van der Waals surface area contributed by atoms with Crippen molar-refractivity contribution in [1.82, 2.24) is 15.1 Å². The summed E-state index contributed by atoms with van der Waals surface area (Å²) in [5.74, 6) is 2.29. The summed E-state index contributed by atoms with van der Waals surface area (Å²) in [6.45, 7) is 9.03. The van der Waals surface area contributed by atoms with Crippen molar-refractivity contribution in [3.63, 3.8) is 0 Å². The maximum atomic E-state index is 13.2. The van der Waals surface area contributed by atoms with E-state index in [9.17, 15) is 9.59 Å². The zero-order valence-corrected chi connectivity index (χ0v) is 20.2. The third-order valence-corrected chi connectivity index (χ3v) is 7.06. The first kappa shape index (κ1) is 24.4. The number of methoxy groups -OCH3 is 2. The van der Waals surface area contributed by atoms with E-state index in [0.29, 0.717) is 12.5 Å². The van der Waals surface area contributed by atoms with Crippen molar-refractivity contribution in [2.75, 3.05) is 40.4 Å². The minimum absolute atomic E-state index is 0.0317. The van der Waals surface area contributed by atoms with Crippen LogP contribution in [0.4, 0.5) is 0 Å². The molecule has 178 valence electrons. The number of hydrogen-bond donors (Lipinski definition) is 1. The fourth-order valence-electron chi connectivity index (χ4n) is 4.63. The van der Waals surface area contributed by atoms with Crippen LogP contribution in [0.25, 0.3) is 0 Å². The number of rotatable bonds is 8. The fraction of sp³-hybridized carbons (Fsp3) is 0.680. The summed E-state index contributed by atoms with van der Waals surface area (Å²) in [5, 5.41) is 3.14. The van der Waals surface area contributed by atoms with E-state index in [1.807, 2.05) is 23.1 Å². The maximum absolute atomic E-state index is 13.2. The van der Waals surface area contributed by atoms with Gasteiger partial charge in [-0.05, 0) is 63.7 Å². The molecule has 2 saturated heterocycles. The molecule has 32 heavy (non-hydrogen) atoms. The van der Waals surface area contributed by atoms with Gasteiger partial charge in [0.2, 0.25) is 11.8 Å². The standard InChI is InChI=1S/C25H39N3O4/c1-17(2)18(3)26-25(30)19-10-13-27(14-11-19)16-24(29)28-12-6-7-22(28)21-9-8-20(31-4)15-23(21)32-5/h8-9,15,17-19,22H,6-7,10-14,16H2,1-5H3,(H,26,30). The molecule has 1 N–H and O–H groups in total. The van der Waals surface area contributed by atoms with Crippen molar-refractivity contribution in [2.45, 2.75) is 58.5 Å². The lowest BCUT2D eigenvalue weighted by Gasteiger charge is -2.34. The van der Waals surface area contributed by atoms with Crippen molar-refractivity contribution < 1.29 is 19.1 Å². The highest BCUT2D eigenvalue weighted by Gasteiger charge is 2.34. The topological polar surface area (TPSA) is 71.1 Å². The Kier molecular flexibility index (Phi) is 8.40. The smallest absolute Gasteiger partial charge is 0.237 e. The highest BCUT2D eigenvalue weighted by molar-refractivity contribution is 5.80. The quantitative estimate of drug-likeness (QED) is 0.665. The SMILES string of the molecule is COc1ccc(C2CCCN2C(=O)CN2CCC(C(=O)NC(C)C(C)C)CC2)c(OC)c1. The number of benzene rings is 1. The normalized spacial score (nSPS) is 20.9. The predicted octanol–water partition coefficient (Wildman–Crippen LogP) is 3.24. The van der Waals surface area contributed by atoms with Crippen LogP contribution in [0.15, 0.2) is 18.2 Å². The number of carbonyl (C=O) groups excluding carboxylic acids is 2. The first-order chi connectivity index (χ1) is 15.3. The summed E-state index contributed by atoms with van der Waals surface area (Å²) in [4.78, 5) is 29.9. The van der Waals surface area contributed by atoms with Crippen molar-refractivity contribution in [2.24, 2.45) is 11.8 Å². The zero-order chi connectivity index (χ0) is 23.3. The predicted molar refractivity (Wildman–Crippen MR) is 125 cm³/mol. The number of hydrogen-bond acceptors (Lipinski definition) is 5. The Morgan fingerprint density at radius 1 is 1.06 bits per heavy atom. The van der Waals surface area contributed by atoms with Gasteiger partial charge >= 0.3 is 0 Å². The van der Waals surface area contributed by atoms with E-state index in [2.05, 4.69) is 31.0 Å². The number of amides is 2. The molecule has 0 spiro atoms. The van der Waals surface area contributed by atoms with Gasteiger partial charge in [-0.15, -0.1) is 0 Å². The molecular formula is C25H39N3O4. The molecule has 2 aliphatic heterocycles. The Morgan fingerprint density at radius 2 is 1.78 bits per heavy atom. The summed E-state index contributed by atoms with van der Waals surface area (Å²) in [5.41, 5.74) is 1.04. The van der Waals surface area contributed by atoms with E-state index >= 15 is 0 Å². The summed E-state index contributed by atoms with van der Waals surface area (Å²) >= 11 is 0. The van der Waals surface area contributed by atoms with Crippen LogP contribution >= 0.6 is 0 Å². The van der Waals surface area contributed by atoms with E-state index in [1.54, 1.807) is 14.2 Å². The molecule has 1 aromatic carbocycles. The average molecular weight is 446 g/mol. The lowest BCUT2D eigenvalue weighted by atomic mass is 9.94. The van der Waals surface area contributed by atoms with Crippen LogP contribution in [-0.4, -0.2) is 68.1 Å². The van der Waals surface area contributed by atoms with Gasteiger partial charge in [-0.25, -0.2) is 0 Å². The van der Waals surface area contributed by atoms with Gasteiger partial charge in [0.15, 0.2) is 0 Å². The number of piperidine rings is 1. The second kappa shape index (κ2) is 11.0. The maximum Gasteiger partial charge on any atom is 0.237 e. The Labute approximate surface area is 192 Å². The van der Waals surface area contributed by atoms with Crippen molar-refractivity contribution in [1.29, 1.82) is 0 Å². The molecule has 2 unspecified atom stereocenters. The van der Waals surface area contributed by atoms with Crippen LogP contribution in [0.2, 0.25) is 0 Å². The molecule has 2 atom stereocenters. The number of likely N-dealkylation sites (tertiary alicyclic amines) is 2. The number of ether oxygens (including phenoxy) is 2. The minimum atomic E-state index is 0.0317. The lowest BCUT2D eigenvalue weighted by molar-refractivity contribution is -0.134. The summed E-state index contributed by atoms with van der Waals surface area (Å²) in [6.07, 6.45) is 3.53. The second-order valence-corrected chi connectivity index (χ2v) is 9.44. The van der Waals surface area contributed by atoms with Crippen LogP contribution in [0.1, 0.15) is 58.1 Å². The molecule has 7 nitrogen and oxygen atoms in total. The molecule has 0 saturated carbocycles. The van der Waals surface area contributed by atoms with Gasteiger partial charge in [-0.2, -0.15) is 0 Å². The van der Waals surface area contributed by atoms with E-state index in [0.717, 1.165) is 62.4 Å². The lowest BCUT2D eigenvalue weighted by Crippen LogP contribution is -2.47. The summed E-state index contributed by atoms with van der Waals surface area (Å²) in [7, 11) is 3.29. The van der Waals surface area contributed by atoms with Crippen LogP contribution < -0.4 is 14.8 Å². The first-order valence-electron chi connectivity index (χ1n) is 11.9. The second-order valence-electron chi connectivity index (χ2n) is 9.44. The minimum Gasteiger partial charge on any atom is -0.497 e. The van der Waals surface area contributed by atoms with E-state index in [4.69, 9.17) is 9.47 Å². The molecule has 2 amide bonds. The van der Waals surface area contributed by atoms with Gasteiger partial charge in [0.1, 0.15) is 11.5 Å². The number of carbonyl (C=O) groups is 2. The molecule has 1 aromatic rings. The molecule has 2 heterocycles.